The van der Waals surface area contributed by atoms with Crippen molar-refractivity contribution in [3.8, 4) is 0 Å². The number of nitrogens with zero attached hydrogens (tertiary/aromatic N) is 3. The second kappa shape index (κ2) is 9.82. The molecule has 1 aromatic rings. The molecule has 1 N–H and O–H groups in total. The van der Waals surface area contributed by atoms with E-state index in [9.17, 15) is 9.59 Å². The molecule has 2 amide bonds. The van der Waals surface area contributed by atoms with Crippen LogP contribution in [0.25, 0.3) is 0 Å². The third kappa shape index (κ3) is 5.76. The van der Waals surface area contributed by atoms with Gasteiger partial charge in [0.05, 0.1) is 19.1 Å². The second-order valence-corrected chi connectivity index (χ2v) is 7.60. The SMILES string of the molecule is COCCc1noc(CNC(=O)C2CCC(=O)N(CC3CCCCC3)C2)n1. The lowest BCUT2D eigenvalue weighted by atomic mass is 9.87. The first-order chi connectivity index (χ1) is 13.2. The standard InChI is InChI=1S/C19H30N4O4/c1-26-10-9-16-21-17(27-22-16)11-20-19(25)15-7-8-18(24)23(13-15)12-14-5-3-2-4-6-14/h14-15H,2-13H2,1H3,(H,20,25). The number of methoxy groups -OCH3 is 1. The minimum atomic E-state index is -0.165. The van der Waals surface area contributed by atoms with Crippen LogP contribution < -0.4 is 5.32 Å². The lowest BCUT2D eigenvalue weighted by Crippen LogP contribution is -2.47. The molecule has 1 atom stereocenters. The number of amides is 2. The summed E-state index contributed by atoms with van der Waals surface area (Å²) in [5.41, 5.74) is 0. The van der Waals surface area contributed by atoms with Crippen molar-refractivity contribution < 1.29 is 18.8 Å². The number of carbonyl (C=O) groups excluding carboxylic acids is 2. The van der Waals surface area contributed by atoms with E-state index >= 15 is 0 Å². The Morgan fingerprint density at radius 2 is 2.11 bits per heavy atom. The number of hydrogen-bond donors (Lipinski definition) is 1. The number of carbonyl (C=O) groups is 2. The van der Waals surface area contributed by atoms with E-state index in [1.165, 1.54) is 32.1 Å². The van der Waals surface area contributed by atoms with Crippen molar-refractivity contribution in [2.75, 3.05) is 26.8 Å². The minimum Gasteiger partial charge on any atom is -0.384 e. The van der Waals surface area contributed by atoms with Crippen molar-refractivity contribution in [2.24, 2.45) is 11.8 Å². The van der Waals surface area contributed by atoms with Crippen molar-refractivity contribution in [3.63, 3.8) is 0 Å². The maximum absolute atomic E-state index is 12.5. The summed E-state index contributed by atoms with van der Waals surface area (Å²) < 4.78 is 10.1. The molecule has 1 aliphatic carbocycles. The number of rotatable bonds is 8. The van der Waals surface area contributed by atoms with Gasteiger partial charge in [-0.2, -0.15) is 4.98 Å². The molecule has 27 heavy (non-hydrogen) atoms. The number of hydrogen-bond acceptors (Lipinski definition) is 6. The van der Waals surface area contributed by atoms with E-state index in [0.29, 0.717) is 50.0 Å². The summed E-state index contributed by atoms with van der Waals surface area (Å²) in [7, 11) is 1.62. The first-order valence-electron chi connectivity index (χ1n) is 10.0. The molecule has 2 aliphatic rings. The Hall–Kier alpha value is -1.96. The maximum Gasteiger partial charge on any atom is 0.246 e. The van der Waals surface area contributed by atoms with Gasteiger partial charge in [-0.3, -0.25) is 9.59 Å². The quantitative estimate of drug-likeness (QED) is 0.739. The molecule has 0 bridgehead atoms. The predicted molar refractivity (Wildman–Crippen MR) is 97.6 cm³/mol. The van der Waals surface area contributed by atoms with Crippen LogP contribution in [-0.2, 0) is 27.3 Å². The van der Waals surface area contributed by atoms with Crippen molar-refractivity contribution in [1.82, 2.24) is 20.4 Å². The van der Waals surface area contributed by atoms with E-state index in [0.717, 1.165) is 6.54 Å². The van der Waals surface area contributed by atoms with E-state index in [-0.39, 0.29) is 24.3 Å². The maximum atomic E-state index is 12.5. The van der Waals surface area contributed by atoms with Gasteiger partial charge in [0.15, 0.2) is 5.82 Å². The topological polar surface area (TPSA) is 97.6 Å². The summed E-state index contributed by atoms with van der Waals surface area (Å²) in [4.78, 5) is 30.9. The molecule has 0 aromatic carbocycles. The highest BCUT2D eigenvalue weighted by atomic mass is 16.5. The normalized spacial score (nSPS) is 21.4. The van der Waals surface area contributed by atoms with E-state index in [2.05, 4.69) is 15.5 Å². The van der Waals surface area contributed by atoms with Crippen molar-refractivity contribution in [3.05, 3.63) is 11.7 Å². The van der Waals surface area contributed by atoms with Crippen molar-refractivity contribution in [1.29, 1.82) is 0 Å². The Kier molecular flexibility index (Phi) is 7.20. The van der Waals surface area contributed by atoms with E-state index in [1.807, 2.05) is 4.90 Å². The molecule has 150 valence electrons. The number of aromatic nitrogens is 2. The van der Waals surface area contributed by atoms with Crippen LogP contribution in [-0.4, -0.2) is 53.7 Å². The number of likely N-dealkylation sites (tertiary alicyclic amines) is 1. The lowest BCUT2D eigenvalue weighted by Gasteiger charge is -2.35. The predicted octanol–water partition coefficient (Wildman–Crippen LogP) is 1.69. The fourth-order valence-corrected chi connectivity index (χ4v) is 3.95. The molecule has 8 nitrogen and oxygen atoms in total. The van der Waals surface area contributed by atoms with Crippen LogP contribution in [0.5, 0.6) is 0 Å². The zero-order chi connectivity index (χ0) is 19.1. The zero-order valence-corrected chi connectivity index (χ0v) is 16.1. The molecular weight excluding hydrogens is 348 g/mol. The first kappa shape index (κ1) is 19.8. The van der Waals surface area contributed by atoms with Gasteiger partial charge in [0.1, 0.15) is 0 Å². The molecule has 1 saturated heterocycles. The van der Waals surface area contributed by atoms with Crippen LogP contribution in [0.3, 0.4) is 0 Å². The Morgan fingerprint density at radius 3 is 2.89 bits per heavy atom. The Labute approximate surface area is 160 Å². The first-order valence-corrected chi connectivity index (χ1v) is 10.0. The molecule has 1 unspecified atom stereocenters. The molecule has 1 saturated carbocycles. The van der Waals surface area contributed by atoms with Gasteiger partial charge in [-0.05, 0) is 25.2 Å². The average Bonchev–Trinajstić information content (AvgIpc) is 3.15. The smallest absolute Gasteiger partial charge is 0.246 e. The van der Waals surface area contributed by atoms with Crippen LogP contribution >= 0.6 is 0 Å². The zero-order valence-electron chi connectivity index (χ0n) is 16.1. The van der Waals surface area contributed by atoms with Crippen LogP contribution in [0.1, 0.15) is 56.7 Å². The molecule has 1 aromatic heterocycles. The summed E-state index contributed by atoms with van der Waals surface area (Å²) in [5, 5.41) is 6.73. The molecule has 2 heterocycles. The summed E-state index contributed by atoms with van der Waals surface area (Å²) in [5.74, 6) is 1.52. The summed E-state index contributed by atoms with van der Waals surface area (Å²) in [6.07, 6.45) is 7.85. The highest BCUT2D eigenvalue weighted by Crippen LogP contribution is 2.27. The molecule has 3 rings (SSSR count). The fraction of sp³-hybridized carbons (Fsp3) is 0.789. The molecule has 1 aliphatic heterocycles. The third-order valence-corrected chi connectivity index (χ3v) is 5.53. The van der Waals surface area contributed by atoms with E-state index in [4.69, 9.17) is 9.26 Å². The Bertz CT molecular complexity index is 627. The van der Waals surface area contributed by atoms with Gasteiger partial charge < -0.3 is 19.5 Å². The van der Waals surface area contributed by atoms with E-state index < -0.39 is 0 Å². The van der Waals surface area contributed by atoms with Gasteiger partial charge in [-0.25, -0.2) is 0 Å². The van der Waals surface area contributed by atoms with Crippen LogP contribution in [0.15, 0.2) is 4.52 Å². The third-order valence-electron chi connectivity index (χ3n) is 5.53. The highest BCUT2D eigenvalue weighted by molar-refractivity contribution is 5.83. The molecule has 0 spiro atoms. The summed E-state index contributed by atoms with van der Waals surface area (Å²) in [6, 6.07) is 0. The molecule has 2 fully saturated rings. The van der Waals surface area contributed by atoms with Crippen LogP contribution in [0.4, 0.5) is 0 Å². The van der Waals surface area contributed by atoms with E-state index in [1.54, 1.807) is 7.11 Å². The largest absolute Gasteiger partial charge is 0.384 e. The van der Waals surface area contributed by atoms with Gasteiger partial charge in [-0.1, -0.05) is 24.4 Å². The number of ether oxygens (including phenoxy) is 1. The van der Waals surface area contributed by atoms with Crippen molar-refractivity contribution in [2.45, 2.75) is 57.9 Å². The van der Waals surface area contributed by atoms with Gasteiger partial charge in [0.2, 0.25) is 17.7 Å². The Balaban J connectivity index is 1.46. The minimum absolute atomic E-state index is 0.0483. The highest BCUT2D eigenvalue weighted by Gasteiger charge is 2.31. The number of piperidine rings is 1. The number of nitrogens with one attached hydrogen (secondary N) is 1. The molecule has 8 heteroatoms. The van der Waals surface area contributed by atoms with Gasteiger partial charge in [0.25, 0.3) is 0 Å². The fourth-order valence-electron chi connectivity index (χ4n) is 3.95. The van der Waals surface area contributed by atoms with Crippen LogP contribution in [0, 0.1) is 11.8 Å². The van der Waals surface area contributed by atoms with Gasteiger partial charge in [-0.15, -0.1) is 0 Å². The second-order valence-electron chi connectivity index (χ2n) is 7.60. The van der Waals surface area contributed by atoms with Gasteiger partial charge >= 0.3 is 0 Å². The monoisotopic (exact) mass is 378 g/mol. The van der Waals surface area contributed by atoms with Crippen LogP contribution in [0.2, 0.25) is 0 Å². The van der Waals surface area contributed by atoms with Crippen molar-refractivity contribution >= 4 is 11.8 Å². The molecule has 0 radical (unpaired) electrons. The average molecular weight is 378 g/mol. The summed E-state index contributed by atoms with van der Waals surface area (Å²) >= 11 is 0. The lowest BCUT2D eigenvalue weighted by molar-refractivity contribution is -0.139. The summed E-state index contributed by atoms with van der Waals surface area (Å²) in [6.45, 7) is 2.06. The molecular formula is C19H30N4O4. The van der Waals surface area contributed by atoms with Gasteiger partial charge in [0, 0.05) is 33.0 Å². The Morgan fingerprint density at radius 1 is 1.30 bits per heavy atom.